The van der Waals surface area contributed by atoms with Crippen molar-refractivity contribution in [3.8, 4) is 0 Å². The summed E-state index contributed by atoms with van der Waals surface area (Å²) in [5, 5.41) is 6.71. The van der Waals surface area contributed by atoms with Gasteiger partial charge >= 0.3 is 0 Å². The molecular formula is C19H33Cl2N3O. The van der Waals surface area contributed by atoms with Crippen molar-refractivity contribution in [3.05, 3.63) is 29.3 Å². The molecule has 0 bridgehead atoms. The van der Waals surface area contributed by atoms with Crippen LogP contribution in [-0.4, -0.2) is 24.5 Å². The lowest BCUT2D eigenvalue weighted by molar-refractivity contribution is 0.0928. The normalized spacial score (nSPS) is 20.4. The minimum absolute atomic E-state index is 0. The lowest BCUT2D eigenvalue weighted by atomic mass is 10.0. The van der Waals surface area contributed by atoms with Crippen LogP contribution in [0.4, 0.5) is 5.69 Å². The number of hydrogen-bond acceptors (Lipinski definition) is 3. The van der Waals surface area contributed by atoms with Gasteiger partial charge in [0.25, 0.3) is 5.91 Å². The molecule has 3 atom stereocenters. The van der Waals surface area contributed by atoms with Crippen LogP contribution in [0, 0.1) is 18.8 Å². The molecule has 4 nitrogen and oxygen atoms in total. The minimum Gasteiger partial charge on any atom is -0.382 e. The van der Waals surface area contributed by atoms with Crippen LogP contribution < -0.4 is 16.4 Å². The molecule has 0 heterocycles. The molecule has 0 aromatic heterocycles. The van der Waals surface area contributed by atoms with Crippen LogP contribution in [0.15, 0.2) is 18.2 Å². The second-order valence-electron chi connectivity index (χ2n) is 7.16. The standard InChI is InChI=1S/C19H31N3O.2ClH/c1-12(2)14(4)21-17-9-6-8-16(13(17)3)19(23)22-18-10-5-7-15(18)11-20;;/h6,8-9,12,14-15,18,21H,5,7,10-11,20H2,1-4H3,(H,22,23);2*1H. The molecule has 2 rings (SSSR count). The molecule has 6 heteroatoms. The summed E-state index contributed by atoms with van der Waals surface area (Å²) < 4.78 is 0. The maximum Gasteiger partial charge on any atom is 0.251 e. The average molecular weight is 390 g/mol. The first kappa shape index (κ1) is 24.0. The summed E-state index contributed by atoms with van der Waals surface area (Å²) in [4.78, 5) is 12.7. The highest BCUT2D eigenvalue weighted by Gasteiger charge is 2.28. The monoisotopic (exact) mass is 389 g/mol. The molecule has 0 saturated heterocycles. The van der Waals surface area contributed by atoms with Gasteiger partial charge in [-0.25, -0.2) is 0 Å². The van der Waals surface area contributed by atoms with Gasteiger partial charge in [0, 0.05) is 23.3 Å². The van der Waals surface area contributed by atoms with Gasteiger partial charge in [0.05, 0.1) is 0 Å². The molecule has 1 saturated carbocycles. The van der Waals surface area contributed by atoms with Crippen LogP contribution in [-0.2, 0) is 0 Å². The van der Waals surface area contributed by atoms with Crippen molar-refractivity contribution < 1.29 is 4.79 Å². The Morgan fingerprint density at radius 3 is 2.52 bits per heavy atom. The molecule has 1 aromatic carbocycles. The molecular weight excluding hydrogens is 357 g/mol. The van der Waals surface area contributed by atoms with E-state index in [0.717, 1.165) is 36.1 Å². The topological polar surface area (TPSA) is 67.2 Å². The Labute approximate surface area is 164 Å². The summed E-state index contributed by atoms with van der Waals surface area (Å²) in [5.41, 5.74) is 8.63. The van der Waals surface area contributed by atoms with Gasteiger partial charge in [-0.05, 0) is 62.8 Å². The number of carbonyl (C=O) groups excluding carboxylic acids is 1. The third-order valence-corrected chi connectivity index (χ3v) is 5.24. The zero-order valence-corrected chi connectivity index (χ0v) is 17.3. The second kappa shape index (κ2) is 10.9. The van der Waals surface area contributed by atoms with E-state index in [4.69, 9.17) is 5.73 Å². The molecule has 1 amide bonds. The smallest absolute Gasteiger partial charge is 0.251 e. The van der Waals surface area contributed by atoms with Gasteiger partial charge < -0.3 is 16.4 Å². The van der Waals surface area contributed by atoms with Crippen molar-refractivity contribution in [1.82, 2.24) is 5.32 Å². The Morgan fingerprint density at radius 2 is 1.92 bits per heavy atom. The molecule has 1 aliphatic carbocycles. The number of rotatable bonds is 6. The largest absolute Gasteiger partial charge is 0.382 e. The van der Waals surface area contributed by atoms with Crippen molar-refractivity contribution in [3.63, 3.8) is 0 Å². The van der Waals surface area contributed by atoms with Crippen LogP contribution in [0.3, 0.4) is 0 Å². The van der Waals surface area contributed by atoms with E-state index in [-0.39, 0.29) is 36.8 Å². The van der Waals surface area contributed by atoms with E-state index >= 15 is 0 Å². The maximum atomic E-state index is 12.7. The van der Waals surface area contributed by atoms with E-state index in [1.165, 1.54) is 0 Å². The first-order valence-corrected chi connectivity index (χ1v) is 8.81. The highest BCUT2D eigenvalue weighted by atomic mass is 35.5. The third kappa shape index (κ3) is 6.05. The van der Waals surface area contributed by atoms with Gasteiger partial charge in [-0.3, -0.25) is 4.79 Å². The minimum atomic E-state index is 0. The number of hydrogen-bond donors (Lipinski definition) is 3. The van der Waals surface area contributed by atoms with Gasteiger partial charge in [-0.2, -0.15) is 0 Å². The molecule has 25 heavy (non-hydrogen) atoms. The molecule has 144 valence electrons. The van der Waals surface area contributed by atoms with E-state index in [0.29, 0.717) is 24.4 Å². The Morgan fingerprint density at radius 1 is 1.24 bits per heavy atom. The van der Waals surface area contributed by atoms with Gasteiger partial charge in [0.2, 0.25) is 0 Å². The number of anilines is 1. The summed E-state index contributed by atoms with van der Waals surface area (Å²) in [5.74, 6) is 0.978. The van der Waals surface area contributed by atoms with E-state index in [9.17, 15) is 4.79 Å². The third-order valence-electron chi connectivity index (χ3n) is 5.24. The fraction of sp³-hybridized carbons (Fsp3) is 0.632. The predicted octanol–water partition coefficient (Wildman–Crippen LogP) is 4.15. The molecule has 0 aliphatic heterocycles. The quantitative estimate of drug-likeness (QED) is 0.684. The van der Waals surface area contributed by atoms with E-state index < -0.39 is 0 Å². The highest BCUT2D eigenvalue weighted by molar-refractivity contribution is 5.97. The molecule has 0 spiro atoms. The van der Waals surface area contributed by atoms with Crippen LogP contribution in [0.2, 0.25) is 0 Å². The van der Waals surface area contributed by atoms with Crippen LogP contribution in [0.5, 0.6) is 0 Å². The molecule has 1 aromatic rings. The summed E-state index contributed by atoms with van der Waals surface area (Å²) >= 11 is 0. The number of nitrogens with one attached hydrogen (secondary N) is 2. The Hall–Kier alpha value is -0.970. The Bertz CT molecular complexity index is 551. The van der Waals surface area contributed by atoms with E-state index in [1.807, 2.05) is 25.1 Å². The van der Waals surface area contributed by atoms with Crippen LogP contribution in [0.25, 0.3) is 0 Å². The van der Waals surface area contributed by atoms with Crippen molar-refractivity contribution >= 4 is 36.4 Å². The summed E-state index contributed by atoms with van der Waals surface area (Å²) in [6.45, 7) is 9.21. The van der Waals surface area contributed by atoms with Gasteiger partial charge in [0.1, 0.15) is 0 Å². The zero-order chi connectivity index (χ0) is 17.0. The summed E-state index contributed by atoms with van der Waals surface area (Å²) in [6, 6.07) is 6.49. The van der Waals surface area contributed by atoms with Crippen LogP contribution in [0.1, 0.15) is 56.0 Å². The number of halogens is 2. The average Bonchev–Trinajstić information content (AvgIpc) is 2.96. The fourth-order valence-electron chi connectivity index (χ4n) is 3.21. The van der Waals surface area contributed by atoms with Crippen molar-refractivity contribution in [1.29, 1.82) is 0 Å². The highest BCUT2D eigenvalue weighted by Crippen LogP contribution is 2.26. The van der Waals surface area contributed by atoms with Gasteiger partial charge in [-0.15, -0.1) is 24.8 Å². The van der Waals surface area contributed by atoms with Crippen LogP contribution >= 0.6 is 24.8 Å². The van der Waals surface area contributed by atoms with Crippen molar-refractivity contribution in [2.24, 2.45) is 17.6 Å². The number of carbonyl (C=O) groups is 1. The molecule has 4 N–H and O–H groups in total. The predicted molar refractivity (Wildman–Crippen MR) is 111 cm³/mol. The summed E-state index contributed by atoms with van der Waals surface area (Å²) in [6.07, 6.45) is 3.31. The zero-order valence-electron chi connectivity index (χ0n) is 15.7. The number of benzene rings is 1. The lowest BCUT2D eigenvalue weighted by Crippen LogP contribution is -2.40. The number of nitrogens with two attached hydrogens (primary N) is 1. The SMILES string of the molecule is Cc1c(NC(C)C(C)C)cccc1C(=O)NC1CCCC1CN.Cl.Cl. The molecule has 3 unspecified atom stereocenters. The summed E-state index contributed by atoms with van der Waals surface area (Å²) in [7, 11) is 0. The van der Waals surface area contributed by atoms with Gasteiger partial charge in [0.15, 0.2) is 0 Å². The Kier molecular flexibility index (Phi) is 10.5. The first-order valence-electron chi connectivity index (χ1n) is 8.81. The first-order chi connectivity index (χ1) is 10.9. The molecule has 1 fully saturated rings. The molecule has 1 aliphatic rings. The van der Waals surface area contributed by atoms with Gasteiger partial charge in [-0.1, -0.05) is 26.3 Å². The second-order valence-corrected chi connectivity index (χ2v) is 7.16. The Balaban J connectivity index is 0.00000288. The fourth-order valence-corrected chi connectivity index (χ4v) is 3.21. The van der Waals surface area contributed by atoms with E-state index in [2.05, 4.69) is 31.4 Å². The maximum absolute atomic E-state index is 12.7. The lowest BCUT2D eigenvalue weighted by Gasteiger charge is -2.23. The van der Waals surface area contributed by atoms with Crippen molar-refractivity contribution in [2.45, 2.75) is 59.0 Å². The van der Waals surface area contributed by atoms with E-state index in [1.54, 1.807) is 0 Å². The van der Waals surface area contributed by atoms with Crippen molar-refractivity contribution in [2.75, 3.05) is 11.9 Å². The number of amides is 1. The molecule has 0 radical (unpaired) electrons.